The molecule has 110 valence electrons. The summed E-state index contributed by atoms with van der Waals surface area (Å²) in [6, 6.07) is 0. The van der Waals surface area contributed by atoms with Crippen LogP contribution >= 0.6 is 0 Å². The number of amides is 1. The zero-order valence-electron chi connectivity index (χ0n) is 12.0. The molecule has 3 N–H and O–H groups in total. The first-order chi connectivity index (χ1) is 9.20. The van der Waals surface area contributed by atoms with E-state index in [4.69, 9.17) is 10.5 Å². The molecular formula is C14H27N3O2. The lowest BCUT2D eigenvalue weighted by atomic mass is 9.79. The van der Waals surface area contributed by atoms with E-state index in [1.165, 1.54) is 6.42 Å². The molecule has 0 bridgehead atoms. The molecule has 2 rings (SSSR count). The minimum Gasteiger partial charge on any atom is -0.381 e. The Hall–Kier alpha value is -0.650. The van der Waals surface area contributed by atoms with Gasteiger partial charge in [-0.15, -0.1) is 0 Å². The second kappa shape index (κ2) is 6.68. The molecule has 2 heterocycles. The van der Waals surface area contributed by atoms with Gasteiger partial charge in [0.15, 0.2) is 0 Å². The third kappa shape index (κ3) is 3.46. The van der Waals surface area contributed by atoms with Gasteiger partial charge in [0.05, 0.1) is 5.41 Å². The molecule has 2 aliphatic rings. The first kappa shape index (κ1) is 14.8. The molecule has 0 saturated carbocycles. The van der Waals surface area contributed by atoms with Gasteiger partial charge in [-0.1, -0.05) is 6.92 Å². The molecule has 0 spiro atoms. The summed E-state index contributed by atoms with van der Waals surface area (Å²) in [4.78, 5) is 14.8. The Morgan fingerprint density at radius 1 is 1.47 bits per heavy atom. The molecule has 5 heteroatoms. The van der Waals surface area contributed by atoms with Crippen molar-refractivity contribution in [3.05, 3.63) is 0 Å². The van der Waals surface area contributed by atoms with E-state index in [1.54, 1.807) is 0 Å². The van der Waals surface area contributed by atoms with E-state index in [0.717, 1.165) is 39.0 Å². The van der Waals surface area contributed by atoms with Crippen molar-refractivity contribution in [2.24, 2.45) is 17.1 Å². The second-order valence-corrected chi connectivity index (χ2v) is 5.85. The number of carbonyl (C=O) groups is 1. The van der Waals surface area contributed by atoms with Crippen LogP contribution in [-0.4, -0.2) is 56.7 Å². The maximum absolute atomic E-state index is 12.4. The molecule has 1 amide bonds. The summed E-state index contributed by atoms with van der Waals surface area (Å²) in [5.74, 6) is 0.729. The molecule has 2 saturated heterocycles. The molecule has 0 radical (unpaired) electrons. The highest BCUT2D eigenvalue weighted by molar-refractivity contribution is 5.83. The van der Waals surface area contributed by atoms with Crippen molar-refractivity contribution in [1.29, 1.82) is 0 Å². The number of hydrogen-bond acceptors (Lipinski definition) is 4. The van der Waals surface area contributed by atoms with Gasteiger partial charge in [-0.3, -0.25) is 4.79 Å². The van der Waals surface area contributed by atoms with Gasteiger partial charge in [0.25, 0.3) is 0 Å². The first-order valence-corrected chi connectivity index (χ1v) is 7.48. The fraction of sp³-hybridized carbons (Fsp3) is 0.929. The lowest BCUT2D eigenvalue weighted by Gasteiger charge is -2.34. The first-order valence-electron chi connectivity index (χ1n) is 7.48. The SMILES string of the molecule is CCN1CCC(CNC(=O)C2(CN)CCOCC2)C1. The largest absolute Gasteiger partial charge is 0.381 e. The molecule has 5 nitrogen and oxygen atoms in total. The molecule has 2 fully saturated rings. The highest BCUT2D eigenvalue weighted by atomic mass is 16.5. The van der Waals surface area contributed by atoms with Crippen LogP contribution in [0.3, 0.4) is 0 Å². The molecule has 19 heavy (non-hydrogen) atoms. The average molecular weight is 269 g/mol. The fourth-order valence-electron chi connectivity index (χ4n) is 3.08. The Balaban J connectivity index is 1.80. The van der Waals surface area contributed by atoms with Crippen LogP contribution in [0.5, 0.6) is 0 Å². The molecule has 0 aromatic carbocycles. The van der Waals surface area contributed by atoms with Crippen molar-refractivity contribution >= 4 is 5.91 Å². The number of nitrogens with one attached hydrogen (secondary N) is 1. The number of nitrogens with zero attached hydrogens (tertiary/aromatic N) is 1. The highest BCUT2D eigenvalue weighted by Gasteiger charge is 2.38. The van der Waals surface area contributed by atoms with E-state index >= 15 is 0 Å². The number of ether oxygens (including phenoxy) is 1. The Bertz CT molecular complexity index is 303. The van der Waals surface area contributed by atoms with Gasteiger partial charge in [0.2, 0.25) is 5.91 Å². The van der Waals surface area contributed by atoms with Crippen molar-refractivity contribution in [1.82, 2.24) is 10.2 Å². The number of nitrogens with two attached hydrogens (primary N) is 1. The molecule has 0 aromatic rings. The van der Waals surface area contributed by atoms with Crippen LogP contribution in [0.1, 0.15) is 26.2 Å². The zero-order valence-corrected chi connectivity index (χ0v) is 12.0. The van der Waals surface area contributed by atoms with E-state index in [9.17, 15) is 4.79 Å². The van der Waals surface area contributed by atoms with Crippen LogP contribution in [-0.2, 0) is 9.53 Å². The average Bonchev–Trinajstić information content (AvgIpc) is 2.93. The third-order valence-corrected chi connectivity index (χ3v) is 4.69. The summed E-state index contributed by atoms with van der Waals surface area (Å²) < 4.78 is 5.34. The van der Waals surface area contributed by atoms with Crippen LogP contribution in [0.4, 0.5) is 0 Å². The summed E-state index contributed by atoms with van der Waals surface area (Å²) in [5, 5.41) is 3.13. The minimum atomic E-state index is -0.388. The molecule has 1 atom stereocenters. The third-order valence-electron chi connectivity index (χ3n) is 4.69. The number of rotatable bonds is 5. The number of carbonyl (C=O) groups excluding carboxylic acids is 1. The highest BCUT2D eigenvalue weighted by Crippen LogP contribution is 2.29. The van der Waals surface area contributed by atoms with Crippen LogP contribution in [0.15, 0.2) is 0 Å². The predicted molar refractivity (Wildman–Crippen MR) is 74.8 cm³/mol. The summed E-state index contributed by atoms with van der Waals surface area (Å²) in [7, 11) is 0. The standard InChI is InChI=1S/C14H27N3O2/c1-2-17-6-3-12(10-17)9-16-13(18)14(11-15)4-7-19-8-5-14/h12H,2-11,15H2,1H3,(H,16,18). The van der Waals surface area contributed by atoms with Crippen LogP contribution in [0.2, 0.25) is 0 Å². The van der Waals surface area contributed by atoms with Gasteiger partial charge in [-0.25, -0.2) is 0 Å². The fourth-order valence-corrected chi connectivity index (χ4v) is 3.08. The lowest BCUT2D eigenvalue weighted by molar-refractivity contribution is -0.136. The second-order valence-electron chi connectivity index (χ2n) is 5.85. The van der Waals surface area contributed by atoms with Gasteiger partial charge in [-0.05, 0) is 38.3 Å². The quantitative estimate of drug-likeness (QED) is 0.748. The molecular weight excluding hydrogens is 242 g/mol. The maximum Gasteiger partial charge on any atom is 0.227 e. The molecule has 1 unspecified atom stereocenters. The van der Waals surface area contributed by atoms with Gasteiger partial charge < -0.3 is 20.7 Å². The van der Waals surface area contributed by atoms with E-state index in [1.807, 2.05) is 0 Å². The van der Waals surface area contributed by atoms with Gasteiger partial charge in [0, 0.05) is 32.8 Å². The lowest BCUT2D eigenvalue weighted by Crippen LogP contribution is -2.50. The molecule has 0 aromatic heterocycles. The van der Waals surface area contributed by atoms with Crippen LogP contribution in [0, 0.1) is 11.3 Å². The Kier molecular flexibility index (Phi) is 5.19. The maximum atomic E-state index is 12.4. The van der Waals surface area contributed by atoms with E-state index in [-0.39, 0.29) is 11.3 Å². The minimum absolute atomic E-state index is 0.133. The Morgan fingerprint density at radius 2 is 2.21 bits per heavy atom. The summed E-state index contributed by atoms with van der Waals surface area (Å²) in [6.45, 7) is 8.07. The number of hydrogen-bond donors (Lipinski definition) is 2. The Morgan fingerprint density at radius 3 is 2.79 bits per heavy atom. The van der Waals surface area contributed by atoms with Crippen LogP contribution < -0.4 is 11.1 Å². The summed E-state index contributed by atoms with van der Waals surface area (Å²) >= 11 is 0. The Labute approximate surface area is 115 Å². The van der Waals surface area contributed by atoms with Crippen molar-refractivity contribution in [3.63, 3.8) is 0 Å². The monoisotopic (exact) mass is 269 g/mol. The van der Waals surface area contributed by atoms with Gasteiger partial charge in [0.1, 0.15) is 0 Å². The van der Waals surface area contributed by atoms with Crippen LogP contribution in [0.25, 0.3) is 0 Å². The topological polar surface area (TPSA) is 67.6 Å². The predicted octanol–water partition coefficient (Wildman–Crippen LogP) is 0.200. The number of likely N-dealkylation sites (tertiary alicyclic amines) is 1. The molecule has 0 aliphatic carbocycles. The molecule has 2 aliphatic heterocycles. The van der Waals surface area contributed by atoms with E-state index in [0.29, 0.717) is 25.7 Å². The van der Waals surface area contributed by atoms with Crippen molar-refractivity contribution in [2.45, 2.75) is 26.2 Å². The summed E-state index contributed by atoms with van der Waals surface area (Å²) in [5.41, 5.74) is 5.45. The summed E-state index contributed by atoms with van der Waals surface area (Å²) in [6.07, 6.45) is 2.69. The van der Waals surface area contributed by atoms with Gasteiger partial charge in [-0.2, -0.15) is 0 Å². The normalized spacial score (nSPS) is 27.4. The van der Waals surface area contributed by atoms with Crippen molar-refractivity contribution in [2.75, 3.05) is 45.9 Å². The van der Waals surface area contributed by atoms with E-state index < -0.39 is 0 Å². The smallest absolute Gasteiger partial charge is 0.227 e. The zero-order chi connectivity index (χ0) is 13.7. The van der Waals surface area contributed by atoms with Gasteiger partial charge >= 0.3 is 0 Å². The van der Waals surface area contributed by atoms with E-state index in [2.05, 4.69) is 17.1 Å². The van der Waals surface area contributed by atoms with Crippen molar-refractivity contribution < 1.29 is 9.53 Å². The van der Waals surface area contributed by atoms with Crippen molar-refractivity contribution in [3.8, 4) is 0 Å².